The van der Waals surface area contributed by atoms with Gasteiger partial charge in [0.05, 0.1) is 0 Å². The van der Waals surface area contributed by atoms with Gasteiger partial charge in [0.25, 0.3) is 0 Å². The average Bonchev–Trinajstić information content (AvgIpc) is 2.20. The summed E-state index contributed by atoms with van der Waals surface area (Å²) in [6.07, 6.45) is 6.13. The molecule has 1 saturated carbocycles. The molecule has 0 radical (unpaired) electrons. The molecule has 0 aliphatic heterocycles. The molecule has 1 rings (SSSR count). The lowest BCUT2D eigenvalue weighted by atomic mass is 9.77. The first-order valence-electron chi connectivity index (χ1n) is 6.35. The molecule has 2 heteroatoms. The van der Waals surface area contributed by atoms with E-state index in [9.17, 15) is 4.79 Å². The zero-order valence-electron chi connectivity index (χ0n) is 10.3. The zero-order valence-corrected chi connectivity index (χ0v) is 10.3. The Bertz CT molecular complexity index is 203. The lowest BCUT2D eigenvalue weighted by Gasteiger charge is -2.33. The van der Waals surface area contributed by atoms with Crippen molar-refractivity contribution in [3.63, 3.8) is 0 Å². The number of carbonyl (C=O) groups excluding carboxylic acids is 1. The van der Waals surface area contributed by atoms with Crippen LogP contribution >= 0.6 is 0 Å². The van der Waals surface area contributed by atoms with E-state index in [0.717, 1.165) is 19.3 Å². The highest BCUT2D eigenvalue weighted by Gasteiger charge is 2.37. The molecule has 0 unspecified atom stereocenters. The van der Waals surface area contributed by atoms with Crippen molar-refractivity contribution in [1.82, 2.24) is 0 Å². The number of Topliss-reactive ketones (excluding diaryl/α,β-unsaturated/α-hetero) is 1. The summed E-state index contributed by atoms with van der Waals surface area (Å²) < 4.78 is 5.71. The lowest BCUT2D eigenvalue weighted by Crippen LogP contribution is -2.42. The van der Waals surface area contributed by atoms with Crippen molar-refractivity contribution in [3.8, 4) is 0 Å². The van der Waals surface area contributed by atoms with Crippen LogP contribution in [0.15, 0.2) is 0 Å². The summed E-state index contributed by atoms with van der Waals surface area (Å²) in [7, 11) is 0. The second-order valence-electron chi connectivity index (χ2n) is 4.56. The molecule has 2 nitrogen and oxygen atoms in total. The fourth-order valence-electron chi connectivity index (χ4n) is 2.35. The van der Waals surface area contributed by atoms with Crippen molar-refractivity contribution < 1.29 is 9.53 Å². The summed E-state index contributed by atoms with van der Waals surface area (Å²) in [5.74, 6) is 0.981. The van der Waals surface area contributed by atoms with Crippen molar-refractivity contribution in [2.45, 2.75) is 64.9 Å². The predicted octanol–water partition coefficient (Wildman–Crippen LogP) is 3.34. The third-order valence-corrected chi connectivity index (χ3v) is 3.77. The number of hydrogen-bond donors (Lipinski definition) is 0. The summed E-state index contributed by atoms with van der Waals surface area (Å²) in [6, 6.07) is 0. The van der Waals surface area contributed by atoms with Crippen LogP contribution in [0.5, 0.6) is 0 Å². The van der Waals surface area contributed by atoms with E-state index < -0.39 is 5.60 Å². The molecule has 0 saturated heterocycles. The highest BCUT2D eigenvalue weighted by atomic mass is 16.5. The highest BCUT2D eigenvalue weighted by Crippen LogP contribution is 2.33. The van der Waals surface area contributed by atoms with Gasteiger partial charge in [-0.1, -0.05) is 33.1 Å². The van der Waals surface area contributed by atoms with Gasteiger partial charge in [-0.3, -0.25) is 4.79 Å². The molecular weight excluding hydrogens is 188 g/mol. The summed E-state index contributed by atoms with van der Waals surface area (Å²) in [5, 5.41) is 0. The van der Waals surface area contributed by atoms with Gasteiger partial charge in [-0.15, -0.1) is 0 Å². The van der Waals surface area contributed by atoms with Gasteiger partial charge >= 0.3 is 0 Å². The molecule has 88 valence electrons. The Balaban J connectivity index is 2.55. The standard InChI is InChI=1S/C13H24O2/c1-4-13(5-2,15-6-3)12(14)10-11-8-7-9-11/h11H,4-10H2,1-3H3. The second-order valence-corrected chi connectivity index (χ2v) is 4.56. The van der Waals surface area contributed by atoms with E-state index in [1.54, 1.807) is 0 Å². The number of ketones is 1. The molecular formula is C13H24O2. The van der Waals surface area contributed by atoms with E-state index in [2.05, 4.69) is 13.8 Å². The molecule has 0 atom stereocenters. The van der Waals surface area contributed by atoms with Gasteiger partial charge in [0.2, 0.25) is 0 Å². The maximum absolute atomic E-state index is 12.2. The topological polar surface area (TPSA) is 26.3 Å². The first-order chi connectivity index (χ1) is 7.18. The molecule has 1 aliphatic rings. The Labute approximate surface area is 93.4 Å². The summed E-state index contributed by atoms with van der Waals surface area (Å²) in [6.45, 7) is 6.71. The van der Waals surface area contributed by atoms with Crippen LogP contribution in [0.1, 0.15) is 59.3 Å². The third-order valence-electron chi connectivity index (χ3n) is 3.77. The number of carbonyl (C=O) groups is 1. The molecule has 0 spiro atoms. The first kappa shape index (κ1) is 12.7. The van der Waals surface area contributed by atoms with Gasteiger partial charge in [-0.25, -0.2) is 0 Å². The maximum Gasteiger partial charge on any atom is 0.164 e. The highest BCUT2D eigenvalue weighted by molar-refractivity contribution is 5.87. The summed E-state index contributed by atoms with van der Waals surface area (Å²) >= 11 is 0. The van der Waals surface area contributed by atoms with Crippen LogP contribution in [-0.2, 0) is 9.53 Å². The Hall–Kier alpha value is -0.370. The van der Waals surface area contributed by atoms with Crippen LogP contribution in [0.3, 0.4) is 0 Å². The van der Waals surface area contributed by atoms with Crippen LogP contribution in [0.25, 0.3) is 0 Å². The molecule has 1 aliphatic carbocycles. The van der Waals surface area contributed by atoms with Gasteiger partial charge in [0.15, 0.2) is 5.78 Å². The van der Waals surface area contributed by atoms with Crippen LogP contribution in [0, 0.1) is 5.92 Å². The van der Waals surface area contributed by atoms with Crippen molar-refractivity contribution in [2.24, 2.45) is 5.92 Å². The quantitative estimate of drug-likeness (QED) is 0.647. The van der Waals surface area contributed by atoms with E-state index in [4.69, 9.17) is 4.74 Å². The molecule has 0 amide bonds. The first-order valence-corrected chi connectivity index (χ1v) is 6.35. The Morgan fingerprint density at radius 3 is 2.20 bits per heavy atom. The largest absolute Gasteiger partial charge is 0.368 e. The number of ether oxygens (including phenoxy) is 1. The third kappa shape index (κ3) is 2.81. The van der Waals surface area contributed by atoms with Gasteiger partial charge in [-0.05, 0) is 25.7 Å². The van der Waals surface area contributed by atoms with Crippen molar-refractivity contribution in [2.75, 3.05) is 6.61 Å². The molecule has 1 fully saturated rings. The summed E-state index contributed by atoms with van der Waals surface area (Å²) in [5.41, 5.74) is -0.482. The minimum atomic E-state index is -0.482. The van der Waals surface area contributed by atoms with E-state index in [0.29, 0.717) is 18.3 Å². The molecule has 15 heavy (non-hydrogen) atoms. The summed E-state index contributed by atoms with van der Waals surface area (Å²) in [4.78, 5) is 12.2. The molecule has 0 aromatic rings. The Morgan fingerprint density at radius 2 is 1.87 bits per heavy atom. The van der Waals surface area contributed by atoms with Gasteiger partial charge in [-0.2, -0.15) is 0 Å². The van der Waals surface area contributed by atoms with E-state index in [1.165, 1.54) is 19.3 Å². The SMILES string of the molecule is CCOC(CC)(CC)C(=O)CC1CCC1. The van der Waals surface area contributed by atoms with Crippen molar-refractivity contribution in [1.29, 1.82) is 0 Å². The van der Waals surface area contributed by atoms with Crippen LogP contribution in [0.4, 0.5) is 0 Å². The van der Waals surface area contributed by atoms with Crippen LogP contribution in [-0.4, -0.2) is 18.0 Å². The zero-order chi connectivity index (χ0) is 11.3. The molecule has 0 aromatic carbocycles. The minimum absolute atomic E-state index is 0.332. The van der Waals surface area contributed by atoms with E-state index in [1.807, 2.05) is 6.92 Å². The van der Waals surface area contributed by atoms with Crippen LogP contribution in [0.2, 0.25) is 0 Å². The lowest BCUT2D eigenvalue weighted by molar-refractivity contribution is -0.147. The molecule has 0 bridgehead atoms. The minimum Gasteiger partial charge on any atom is -0.368 e. The molecule has 0 aromatic heterocycles. The van der Waals surface area contributed by atoms with Crippen LogP contribution < -0.4 is 0 Å². The second kappa shape index (κ2) is 5.64. The van der Waals surface area contributed by atoms with Gasteiger partial charge in [0, 0.05) is 13.0 Å². The Kier molecular flexibility index (Phi) is 4.78. The van der Waals surface area contributed by atoms with Crippen molar-refractivity contribution in [3.05, 3.63) is 0 Å². The molecule has 0 N–H and O–H groups in total. The average molecular weight is 212 g/mol. The normalized spacial score (nSPS) is 17.5. The smallest absolute Gasteiger partial charge is 0.164 e. The predicted molar refractivity (Wildman–Crippen MR) is 61.9 cm³/mol. The van der Waals surface area contributed by atoms with E-state index >= 15 is 0 Å². The maximum atomic E-state index is 12.2. The van der Waals surface area contributed by atoms with Gasteiger partial charge in [0.1, 0.15) is 5.60 Å². The number of rotatable bonds is 7. The van der Waals surface area contributed by atoms with E-state index in [-0.39, 0.29) is 0 Å². The molecule has 0 heterocycles. The fraction of sp³-hybridized carbons (Fsp3) is 0.923. The monoisotopic (exact) mass is 212 g/mol. The fourth-order valence-corrected chi connectivity index (χ4v) is 2.35. The van der Waals surface area contributed by atoms with Gasteiger partial charge < -0.3 is 4.74 Å². The number of hydrogen-bond acceptors (Lipinski definition) is 2. The Morgan fingerprint density at radius 1 is 1.27 bits per heavy atom. The van der Waals surface area contributed by atoms with Crippen molar-refractivity contribution >= 4 is 5.78 Å².